The van der Waals surface area contributed by atoms with Gasteiger partial charge in [-0.1, -0.05) is 6.07 Å². The zero-order valence-electron chi connectivity index (χ0n) is 7.91. The summed E-state index contributed by atoms with van der Waals surface area (Å²) in [5, 5.41) is 0. The second-order valence-electron chi connectivity index (χ2n) is 3.40. The second kappa shape index (κ2) is 4.98. The summed E-state index contributed by atoms with van der Waals surface area (Å²) >= 11 is 2.28. The van der Waals surface area contributed by atoms with Crippen molar-refractivity contribution in [3.63, 3.8) is 0 Å². The lowest BCUT2D eigenvalue weighted by Crippen LogP contribution is -2.16. The van der Waals surface area contributed by atoms with E-state index in [9.17, 15) is 0 Å². The number of hydrogen-bond donors (Lipinski definition) is 0. The average molecular weight is 304 g/mol. The fraction of sp³-hybridized carbons (Fsp3) is 0.455. The molecule has 1 fully saturated rings. The maximum absolute atomic E-state index is 5.64. The minimum atomic E-state index is 0.299. The lowest BCUT2D eigenvalue weighted by molar-refractivity contribution is 0.0679. The maximum atomic E-state index is 5.64. The highest BCUT2D eigenvalue weighted by atomic mass is 127. The first-order chi connectivity index (χ1) is 6.84. The fourth-order valence-corrected chi connectivity index (χ4v) is 2.04. The fourth-order valence-electron chi connectivity index (χ4n) is 1.52. The molecular weight excluding hydrogens is 291 g/mol. The van der Waals surface area contributed by atoms with Gasteiger partial charge >= 0.3 is 0 Å². The van der Waals surface area contributed by atoms with Crippen LogP contribution in [0.3, 0.4) is 0 Å². The summed E-state index contributed by atoms with van der Waals surface area (Å²) in [6, 6.07) is 8.08. The van der Waals surface area contributed by atoms with Crippen LogP contribution in [0.1, 0.15) is 12.8 Å². The minimum Gasteiger partial charge on any atom is -0.491 e. The smallest absolute Gasteiger partial charge is 0.120 e. The molecule has 0 N–H and O–H groups in total. The van der Waals surface area contributed by atoms with Crippen molar-refractivity contribution in [2.75, 3.05) is 13.2 Å². The molecule has 1 aliphatic rings. The Balaban J connectivity index is 1.85. The van der Waals surface area contributed by atoms with Crippen LogP contribution in [0.2, 0.25) is 0 Å². The van der Waals surface area contributed by atoms with E-state index < -0.39 is 0 Å². The standard InChI is InChI=1S/C11H13IO2/c12-9-3-1-4-10(7-9)14-8-11-5-2-6-13-11/h1,3-4,7,11H,2,5-6,8H2. The molecule has 1 heterocycles. The van der Waals surface area contributed by atoms with E-state index in [0.717, 1.165) is 18.8 Å². The summed E-state index contributed by atoms with van der Waals surface area (Å²) in [5.74, 6) is 0.937. The zero-order valence-corrected chi connectivity index (χ0v) is 10.1. The van der Waals surface area contributed by atoms with Gasteiger partial charge in [-0.2, -0.15) is 0 Å². The van der Waals surface area contributed by atoms with Crippen molar-refractivity contribution in [3.05, 3.63) is 27.8 Å². The average Bonchev–Trinajstić information content (AvgIpc) is 2.67. The maximum Gasteiger partial charge on any atom is 0.120 e. The summed E-state index contributed by atoms with van der Waals surface area (Å²) in [7, 11) is 0. The third-order valence-electron chi connectivity index (χ3n) is 2.26. The molecule has 0 aromatic heterocycles. The van der Waals surface area contributed by atoms with Crippen molar-refractivity contribution in [3.8, 4) is 5.75 Å². The highest BCUT2D eigenvalue weighted by molar-refractivity contribution is 14.1. The summed E-state index contributed by atoms with van der Waals surface area (Å²) in [6.07, 6.45) is 2.59. The van der Waals surface area contributed by atoms with Gasteiger partial charge in [-0.05, 0) is 53.6 Å². The monoisotopic (exact) mass is 304 g/mol. The van der Waals surface area contributed by atoms with Crippen LogP contribution in [-0.4, -0.2) is 19.3 Å². The van der Waals surface area contributed by atoms with Gasteiger partial charge in [-0.25, -0.2) is 0 Å². The van der Waals surface area contributed by atoms with Crippen LogP contribution in [0.15, 0.2) is 24.3 Å². The van der Waals surface area contributed by atoms with Gasteiger partial charge in [0.25, 0.3) is 0 Å². The van der Waals surface area contributed by atoms with Crippen LogP contribution in [0, 0.1) is 3.57 Å². The van der Waals surface area contributed by atoms with Gasteiger partial charge in [0, 0.05) is 10.2 Å². The van der Waals surface area contributed by atoms with Gasteiger partial charge in [0.1, 0.15) is 12.4 Å². The zero-order chi connectivity index (χ0) is 9.80. The number of hydrogen-bond acceptors (Lipinski definition) is 2. The predicted molar refractivity (Wildman–Crippen MR) is 63.6 cm³/mol. The van der Waals surface area contributed by atoms with Crippen molar-refractivity contribution in [1.82, 2.24) is 0 Å². The van der Waals surface area contributed by atoms with Crippen molar-refractivity contribution in [2.45, 2.75) is 18.9 Å². The van der Waals surface area contributed by atoms with Gasteiger partial charge in [0.15, 0.2) is 0 Å². The Kier molecular flexibility index (Phi) is 3.64. The molecule has 2 rings (SSSR count). The normalized spacial score (nSPS) is 21.1. The summed E-state index contributed by atoms with van der Waals surface area (Å²) in [5.41, 5.74) is 0. The molecule has 1 atom stereocenters. The van der Waals surface area contributed by atoms with E-state index in [1.165, 1.54) is 9.99 Å². The Morgan fingerprint density at radius 3 is 3.14 bits per heavy atom. The predicted octanol–water partition coefficient (Wildman–Crippen LogP) is 2.85. The Morgan fingerprint density at radius 1 is 1.50 bits per heavy atom. The molecule has 1 saturated heterocycles. The number of rotatable bonds is 3. The molecule has 0 amide bonds. The lowest BCUT2D eigenvalue weighted by Gasteiger charge is -2.11. The Hall–Kier alpha value is -0.290. The molecule has 76 valence electrons. The molecule has 0 bridgehead atoms. The Morgan fingerprint density at radius 2 is 2.43 bits per heavy atom. The molecule has 1 aromatic rings. The van der Waals surface area contributed by atoms with Crippen LogP contribution in [0.4, 0.5) is 0 Å². The molecule has 2 nitrogen and oxygen atoms in total. The van der Waals surface area contributed by atoms with Crippen molar-refractivity contribution < 1.29 is 9.47 Å². The first kappa shape index (κ1) is 10.2. The van der Waals surface area contributed by atoms with Crippen LogP contribution in [0.5, 0.6) is 5.75 Å². The summed E-state index contributed by atoms with van der Waals surface area (Å²) in [4.78, 5) is 0. The van der Waals surface area contributed by atoms with Gasteiger partial charge in [0.05, 0.1) is 6.10 Å². The molecule has 1 aliphatic heterocycles. The first-order valence-electron chi connectivity index (χ1n) is 4.84. The number of ether oxygens (including phenoxy) is 2. The molecule has 0 radical (unpaired) electrons. The summed E-state index contributed by atoms with van der Waals surface area (Å²) in [6.45, 7) is 1.57. The lowest BCUT2D eigenvalue weighted by atomic mass is 10.2. The third-order valence-corrected chi connectivity index (χ3v) is 2.93. The molecule has 0 saturated carbocycles. The minimum absolute atomic E-state index is 0.299. The number of halogens is 1. The molecule has 1 unspecified atom stereocenters. The van der Waals surface area contributed by atoms with Crippen molar-refractivity contribution in [2.24, 2.45) is 0 Å². The topological polar surface area (TPSA) is 18.5 Å². The first-order valence-corrected chi connectivity index (χ1v) is 5.92. The SMILES string of the molecule is Ic1cccc(OCC2CCCO2)c1. The Labute approximate surface area is 97.7 Å². The van der Waals surface area contributed by atoms with Crippen LogP contribution >= 0.6 is 22.6 Å². The van der Waals surface area contributed by atoms with E-state index in [-0.39, 0.29) is 0 Å². The molecule has 1 aromatic carbocycles. The molecule has 14 heavy (non-hydrogen) atoms. The van der Waals surface area contributed by atoms with Gasteiger partial charge in [0.2, 0.25) is 0 Å². The van der Waals surface area contributed by atoms with Crippen molar-refractivity contribution >= 4 is 22.6 Å². The van der Waals surface area contributed by atoms with Crippen LogP contribution in [0.25, 0.3) is 0 Å². The summed E-state index contributed by atoms with van der Waals surface area (Å²) < 4.78 is 12.3. The van der Waals surface area contributed by atoms with Gasteiger partial charge < -0.3 is 9.47 Å². The largest absolute Gasteiger partial charge is 0.491 e. The van der Waals surface area contributed by atoms with Gasteiger partial charge in [-0.15, -0.1) is 0 Å². The van der Waals surface area contributed by atoms with E-state index in [0.29, 0.717) is 12.7 Å². The molecular formula is C11H13IO2. The molecule has 3 heteroatoms. The van der Waals surface area contributed by atoms with Crippen LogP contribution < -0.4 is 4.74 Å². The van der Waals surface area contributed by atoms with Crippen LogP contribution in [-0.2, 0) is 4.74 Å². The highest BCUT2D eigenvalue weighted by Gasteiger charge is 2.15. The van der Waals surface area contributed by atoms with E-state index in [1.54, 1.807) is 0 Å². The molecule has 0 aliphatic carbocycles. The molecule has 0 spiro atoms. The quantitative estimate of drug-likeness (QED) is 0.800. The highest BCUT2D eigenvalue weighted by Crippen LogP contribution is 2.17. The van der Waals surface area contributed by atoms with Crippen molar-refractivity contribution in [1.29, 1.82) is 0 Å². The van der Waals surface area contributed by atoms with E-state index in [2.05, 4.69) is 28.7 Å². The number of benzene rings is 1. The van der Waals surface area contributed by atoms with E-state index in [1.807, 2.05) is 18.2 Å². The van der Waals surface area contributed by atoms with Gasteiger partial charge in [-0.3, -0.25) is 0 Å². The van der Waals surface area contributed by atoms with E-state index >= 15 is 0 Å². The third kappa shape index (κ3) is 2.85. The van der Waals surface area contributed by atoms with E-state index in [4.69, 9.17) is 9.47 Å². The Bertz CT molecular complexity index is 295. The second-order valence-corrected chi connectivity index (χ2v) is 4.65.